The Kier molecular flexibility index (Phi) is 5.64. The number of carbonyl (C=O) groups excluding carboxylic acids is 1. The summed E-state index contributed by atoms with van der Waals surface area (Å²) in [7, 11) is 0. The van der Waals surface area contributed by atoms with E-state index in [1.54, 1.807) is 19.1 Å². The van der Waals surface area contributed by atoms with E-state index in [4.69, 9.17) is 0 Å². The van der Waals surface area contributed by atoms with E-state index in [2.05, 4.69) is 5.10 Å². The molecule has 2 aromatic rings. The third kappa shape index (κ3) is 3.96. The molecule has 0 aliphatic rings. The zero-order valence-corrected chi connectivity index (χ0v) is 13.6. The maximum Gasteiger partial charge on any atom is 0.307 e. The van der Waals surface area contributed by atoms with Crippen LogP contribution in [-0.2, 0) is 11.3 Å². The smallest absolute Gasteiger partial charge is 0.307 e. The molecule has 1 aromatic heterocycles. The number of amides is 1. The summed E-state index contributed by atoms with van der Waals surface area (Å²) in [5, 5.41) is 25.0. The lowest BCUT2D eigenvalue weighted by atomic mass is 10.0. The molecule has 1 heterocycles. The Labute approximate surface area is 139 Å². The van der Waals surface area contributed by atoms with Crippen LogP contribution in [0.25, 0.3) is 0 Å². The van der Waals surface area contributed by atoms with E-state index in [0.29, 0.717) is 6.54 Å². The number of aromatic nitrogens is 2. The molecular weight excluding hydrogens is 312 g/mol. The average molecular weight is 332 g/mol. The lowest BCUT2D eigenvalue weighted by Crippen LogP contribution is -2.43. The first-order valence-electron chi connectivity index (χ1n) is 7.63. The molecule has 8 nitrogen and oxygen atoms in total. The molecule has 2 rings (SSSR count). The van der Waals surface area contributed by atoms with Gasteiger partial charge in [0.1, 0.15) is 18.9 Å². The highest BCUT2D eigenvalue weighted by atomic mass is 16.6. The van der Waals surface area contributed by atoms with Gasteiger partial charge in [-0.2, -0.15) is 5.10 Å². The fraction of sp³-hybridized carbons (Fsp3) is 0.375. The number of rotatable bonds is 7. The number of hydrogen-bond donors (Lipinski definition) is 1. The number of nitrogens with zero attached hydrogens (tertiary/aromatic N) is 4. The largest absolute Gasteiger partial charge is 0.386 e. The summed E-state index contributed by atoms with van der Waals surface area (Å²) in [4.78, 5) is 24.1. The molecular formula is C16H20N4O4. The molecule has 0 saturated heterocycles. The molecule has 0 spiro atoms. The van der Waals surface area contributed by atoms with E-state index >= 15 is 0 Å². The molecule has 24 heavy (non-hydrogen) atoms. The molecule has 0 fully saturated rings. The summed E-state index contributed by atoms with van der Waals surface area (Å²) in [5.41, 5.74) is 0.564. The third-order valence-electron chi connectivity index (χ3n) is 3.88. The van der Waals surface area contributed by atoms with E-state index in [-0.39, 0.29) is 18.1 Å². The van der Waals surface area contributed by atoms with Crippen molar-refractivity contribution in [2.75, 3.05) is 6.54 Å². The topological polar surface area (TPSA) is 102 Å². The molecule has 8 heteroatoms. The molecule has 0 radical (unpaired) electrons. The highest BCUT2D eigenvalue weighted by Gasteiger charge is 2.26. The number of aliphatic hydroxyl groups is 1. The van der Waals surface area contributed by atoms with Crippen LogP contribution in [0, 0.1) is 10.1 Å². The van der Waals surface area contributed by atoms with E-state index in [1.165, 1.54) is 15.8 Å². The van der Waals surface area contributed by atoms with E-state index in [0.717, 1.165) is 11.8 Å². The number of benzene rings is 1. The van der Waals surface area contributed by atoms with Crippen LogP contribution >= 0.6 is 0 Å². The molecule has 1 amide bonds. The van der Waals surface area contributed by atoms with Gasteiger partial charge in [-0.3, -0.25) is 19.6 Å². The van der Waals surface area contributed by atoms with Crippen molar-refractivity contribution in [2.45, 2.75) is 32.5 Å². The van der Waals surface area contributed by atoms with Gasteiger partial charge in [0.05, 0.1) is 17.1 Å². The van der Waals surface area contributed by atoms with Gasteiger partial charge in [0, 0.05) is 6.54 Å². The monoisotopic (exact) mass is 332 g/mol. The standard InChI is InChI=1S/C16H20N4O4/c1-3-19(12(2)16(22)13-7-5-4-6-8-13)15(21)11-18-10-14(9-17-18)20(23)24/h4-10,12,16,22H,3,11H2,1-2H3/t12-,16+/m0/s1. The Morgan fingerprint density at radius 1 is 1.42 bits per heavy atom. The molecule has 0 saturated carbocycles. The average Bonchev–Trinajstić information content (AvgIpc) is 3.04. The molecule has 0 unspecified atom stereocenters. The Morgan fingerprint density at radius 2 is 2.08 bits per heavy atom. The van der Waals surface area contributed by atoms with Crippen LogP contribution in [0.5, 0.6) is 0 Å². The van der Waals surface area contributed by atoms with Gasteiger partial charge in [0.25, 0.3) is 0 Å². The maximum atomic E-state index is 12.5. The van der Waals surface area contributed by atoms with Gasteiger partial charge in [-0.05, 0) is 19.4 Å². The SMILES string of the molecule is CCN(C(=O)Cn1cc([N+](=O)[O-])cn1)[C@@H](C)[C@@H](O)c1ccccc1. The van der Waals surface area contributed by atoms with Crippen molar-refractivity contribution < 1.29 is 14.8 Å². The molecule has 2 atom stereocenters. The fourth-order valence-electron chi connectivity index (χ4n) is 2.55. The van der Waals surface area contributed by atoms with Gasteiger partial charge >= 0.3 is 5.69 Å². The van der Waals surface area contributed by atoms with Gasteiger partial charge < -0.3 is 10.0 Å². The van der Waals surface area contributed by atoms with Crippen LogP contribution in [0.4, 0.5) is 5.69 Å². The molecule has 128 valence electrons. The summed E-state index contributed by atoms with van der Waals surface area (Å²) >= 11 is 0. The lowest BCUT2D eigenvalue weighted by molar-refractivity contribution is -0.385. The predicted octanol–water partition coefficient (Wildman–Crippen LogP) is 1.76. The van der Waals surface area contributed by atoms with Gasteiger partial charge in [-0.25, -0.2) is 0 Å². The molecule has 0 aliphatic carbocycles. The van der Waals surface area contributed by atoms with E-state index in [9.17, 15) is 20.0 Å². The van der Waals surface area contributed by atoms with Crippen LogP contribution in [0.3, 0.4) is 0 Å². The Hall–Kier alpha value is -2.74. The highest BCUT2D eigenvalue weighted by molar-refractivity contribution is 5.76. The minimum Gasteiger partial charge on any atom is -0.386 e. The van der Waals surface area contributed by atoms with Gasteiger partial charge in [0.2, 0.25) is 5.91 Å². The van der Waals surface area contributed by atoms with E-state index in [1.807, 2.05) is 25.1 Å². The zero-order valence-electron chi connectivity index (χ0n) is 13.6. The molecule has 0 bridgehead atoms. The second-order valence-electron chi connectivity index (χ2n) is 5.43. The van der Waals surface area contributed by atoms with Crippen LogP contribution in [0.2, 0.25) is 0 Å². The van der Waals surface area contributed by atoms with Crippen molar-refractivity contribution in [3.8, 4) is 0 Å². The van der Waals surface area contributed by atoms with Crippen LogP contribution < -0.4 is 0 Å². The van der Waals surface area contributed by atoms with Crippen molar-refractivity contribution >= 4 is 11.6 Å². The first-order valence-corrected chi connectivity index (χ1v) is 7.63. The van der Waals surface area contributed by atoms with Gasteiger partial charge in [0.15, 0.2) is 0 Å². The number of nitro groups is 1. The van der Waals surface area contributed by atoms with E-state index < -0.39 is 17.1 Å². The van der Waals surface area contributed by atoms with Crippen LogP contribution in [0.1, 0.15) is 25.5 Å². The summed E-state index contributed by atoms with van der Waals surface area (Å²) < 4.78 is 1.23. The zero-order chi connectivity index (χ0) is 17.7. The number of aliphatic hydroxyl groups excluding tert-OH is 1. The van der Waals surface area contributed by atoms with Crippen LogP contribution in [0.15, 0.2) is 42.7 Å². The van der Waals surface area contributed by atoms with Crippen molar-refractivity contribution in [3.05, 3.63) is 58.4 Å². The molecule has 1 aromatic carbocycles. The first-order chi connectivity index (χ1) is 11.4. The summed E-state index contributed by atoms with van der Waals surface area (Å²) in [5.74, 6) is -0.266. The van der Waals surface area contributed by atoms with Gasteiger partial charge in [-0.15, -0.1) is 0 Å². The quantitative estimate of drug-likeness (QED) is 0.615. The van der Waals surface area contributed by atoms with Crippen molar-refractivity contribution in [2.24, 2.45) is 0 Å². The molecule has 0 aliphatic heterocycles. The second kappa shape index (κ2) is 7.69. The second-order valence-corrected chi connectivity index (χ2v) is 5.43. The minimum atomic E-state index is -0.818. The lowest BCUT2D eigenvalue weighted by Gasteiger charge is -2.31. The van der Waals surface area contributed by atoms with Crippen molar-refractivity contribution in [3.63, 3.8) is 0 Å². The predicted molar refractivity (Wildman–Crippen MR) is 87.1 cm³/mol. The van der Waals surface area contributed by atoms with Crippen LogP contribution in [-0.4, -0.2) is 43.2 Å². The number of hydrogen-bond acceptors (Lipinski definition) is 5. The Bertz CT molecular complexity index is 701. The maximum absolute atomic E-state index is 12.5. The third-order valence-corrected chi connectivity index (χ3v) is 3.88. The Morgan fingerprint density at radius 3 is 2.62 bits per heavy atom. The summed E-state index contributed by atoms with van der Waals surface area (Å²) in [6.07, 6.45) is 1.50. The minimum absolute atomic E-state index is 0.118. The van der Waals surface area contributed by atoms with Gasteiger partial charge in [-0.1, -0.05) is 30.3 Å². The first kappa shape index (κ1) is 17.6. The fourth-order valence-corrected chi connectivity index (χ4v) is 2.55. The highest BCUT2D eigenvalue weighted by Crippen LogP contribution is 2.21. The number of carbonyl (C=O) groups is 1. The normalized spacial score (nSPS) is 13.3. The molecule has 1 N–H and O–H groups in total. The van der Waals surface area contributed by atoms with Crippen molar-refractivity contribution in [1.29, 1.82) is 0 Å². The summed E-state index contributed by atoms with van der Waals surface area (Å²) in [6, 6.07) is 8.68. The summed E-state index contributed by atoms with van der Waals surface area (Å²) in [6.45, 7) is 3.88. The Balaban J connectivity index is 2.08. The number of likely N-dealkylation sites (N-methyl/N-ethyl adjacent to an activating group) is 1. The van der Waals surface area contributed by atoms with Crippen molar-refractivity contribution in [1.82, 2.24) is 14.7 Å².